The highest BCUT2D eigenvalue weighted by atomic mass is 35.5. The minimum atomic E-state index is -0.165. The lowest BCUT2D eigenvalue weighted by Crippen LogP contribution is -2.40. The number of rotatable bonds is 4. The zero-order chi connectivity index (χ0) is 17.9. The van der Waals surface area contributed by atoms with Crippen LogP contribution < -0.4 is 5.32 Å². The molecule has 134 valence electrons. The number of carbonyl (C=O) groups excluding carboxylic acids is 1. The Kier molecular flexibility index (Phi) is 4.81. The average Bonchev–Trinajstić information content (AvgIpc) is 3.37. The van der Waals surface area contributed by atoms with Crippen molar-refractivity contribution in [1.29, 1.82) is 0 Å². The Bertz CT molecular complexity index is 898. The van der Waals surface area contributed by atoms with Gasteiger partial charge in [0.05, 0.1) is 18.8 Å². The highest BCUT2D eigenvalue weighted by Crippen LogP contribution is 2.28. The van der Waals surface area contributed by atoms with Crippen LogP contribution in [-0.4, -0.2) is 48.7 Å². The van der Waals surface area contributed by atoms with E-state index in [-0.39, 0.29) is 12.1 Å². The first-order valence-corrected chi connectivity index (χ1v) is 9.39. The van der Waals surface area contributed by atoms with Gasteiger partial charge in [-0.3, -0.25) is 10.00 Å². The van der Waals surface area contributed by atoms with Crippen molar-refractivity contribution in [3.05, 3.63) is 41.7 Å². The lowest BCUT2D eigenvalue weighted by Gasteiger charge is -2.24. The van der Waals surface area contributed by atoms with Crippen LogP contribution in [0.1, 0.15) is 12.8 Å². The van der Waals surface area contributed by atoms with E-state index in [0.29, 0.717) is 28.3 Å². The first-order chi connectivity index (χ1) is 12.7. The molecule has 1 aliphatic rings. The number of urea groups is 1. The van der Waals surface area contributed by atoms with Gasteiger partial charge in [0.2, 0.25) is 5.13 Å². The Labute approximate surface area is 158 Å². The molecular weight excluding hydrogens is 374 g/mol. The Morgan fingerprint density at radius 1 is 1.38 bits per heavy atom. The van der Waals surface area contributed by atoms with Crippen molar-refractivity contribution >= 4 is 34.1 Å². The largest absolute Gasteiger partial charge is 0.324 e. The van der Waals surface area contributed by atoms with E-state index in [9.17, 15) is 4.79 Å². The van der Waals surface area contributed by atoms with Crippen molar-refractivity contribution in [2.75, 3.05) is 11.9 Å². The van der Waals surface area contributed by atoms with Gasteiger partial charge in [0.15, 0.2) is 0 Å². The van der Waals surface area contributed by atoms with Gasteiger partial charge in [-0.15, -0.1) is 15.3 Å². The fourth-order valence-corrected chi connectivity index (χ4v) is 3.93. The molecule has 4 rings (SSSR count). The second-order valence-electron chi connectivity index (χ2n) is 5.97. The lowest BCUT2D eigenvalue weighted by atomic mass is 10.2. The Balaban J connectivity index is 1.43. The molecule has 10 heteroatoms. The van der Waals surface area contributed by atoms with Gasteiger partial charge in [0, 0.05) is 23.3 Å². The highest BCUT2D eigenvalue weighted by molar-refractivity contribution is 7.18. The summed E-state index contributed by atoms with van der Waals surface area (Å²) in [4.78, 5) is 14.5. The fraction of sp³-hybridized carbons (Fsp3) is 0.312. The van der Waals surface area contributed by atoms with E-state index >= 15 is 0 Å². The monoisotopic (exact) mass is 389 g/mol. The normalized spacial score (nSPS) is 16.8. The number of carbonyl (C=O) groups is 1. The van der Waals surface area contributed by atoms with Gasteiger partial charge >= 0.3 is 6.03 Å². The molecule has 1 N–H and O–H groups in total. The molecule has 0 aliphatic carbocycles. The molecule has 3 aromatic rings. The Hall–Kier alpha value is -2.52. The number of nitrogens with zero attached hydrogens (tertiary/aromatic N) is 6. The molecule has 1 atom stereocenters. The van der Waals surface area contributed by atoms with E-state index in [1.165, 1.54) is 11.3 Å². The number of hydrogen-bond acceptors (Lipinski definition) is 6. The number of anilines is 1. The number of likely N-dealkylation sites (tertiary alicyclic amines) is 1. The van der Waals surface area contributed by atoms with Crippen LogP contribution in [0.2, 0.25) is 5.02 Å². The van der Waals surface area contributed by atoms with E-state index < -0.39 is 0 Å². The average molecular weight is 390 g/mol. The lowest BCUT2D eigenvalue weighted by molar-refractivity contribution is 0.199. The molecule has 3 heterocycles. The van der Waals surface area contributed by atoms with E-state index in [4.69, 9.17) is 11.6 Å². The Morgan fingerprint density at radius 3 is 3.12 bits per heavy atom. The predicted molar refractivity (Wildman–Crippen MR) is 99.1 cm³/mol. The van der Waals surface area contributed by atoms with Crippen LogP contribution in [-0.2, 0) is 6.54 Å². The number of nitrogens with one attached hydrogen (secondary N) is 1. The van der Waals surface area contributed by atoms with Crippen molar-refractivity contribution in [3.63, 3.8) is 0 Å². The van der Waals surface area contributed by atoms with Crippen molar-refractivity contribution in [3.8, 4) is 10.6 Å². The van der Waals surface area contributed by atoms with E-state index in [2.05, 4.69) is 25.8 Å². The standard InChI is InChI=1S/C16H16ClN7OS/c17-12-4-1-3-11(9-12)14-20-21-15(26-14)19-16(25)24-7-2-5-13(24)10-23-8-6-18-22-23/h1,3-4,6,8-9,13H,2,5,7,10H2,(H,19,21,25)/t13-/m0/s1. The molecule has 2 aromatic heterocycles. The predicted octanol–water partition coefficient (Wildman–Crippen LogP) is 3.15. The molecule has 0 bridgehead atoms. The molecule has 8 nitrogen and oxygen atoms in total. The molecule has 0 spiro atoms. The number of amides is 2. The van der Waals surface area contributed by atoms with Crippen molar-refractivity contribution < 1.29 is 4.79 Å². The summed E-state index contributed by atoms with van der Waals surface area (Å²) in [6.07, 6.45) is 5.35. The molecule has 2 amide bonds. The number of benzene rings is 1. The summed E-state index contributed by atoms with van der Waals surface area (Å²) < 4.78 is 1.75. The molecule has 1 aromatic carbocycles. The van der Waals surface area contributed by atoms with Crippen molar-refractivity contribution in [1.82, 2.24) is 30.1 Å². The minimum Gasteiger partial charge on any atom is -0.320 e. The topological polar surface area (TPSA) is 88.8 Å². The first-order valence-electron chi connectivity index (χ1n) is 8.20. The quantitative estimate of drug-likeness (QED) is 0.740. The number of halogens is 1. The van der Waals surface area contributed by atoms with E-state index in [1.54, 1.807) is 23.1 Å². The zero-order valence-corrected chi connectivity index (χ0v) is 15.3. The maximum Gasteiger partial charge on any atom is 0.324 e. The molecule has 1 saturated heterocycles. The molecule has 0 radical (unpaired) electrons. The van der Waals surface area contributed by atoms with Gasteiger partial charge in [-0.2, -0.15) is 0 Å². The molecule has 0 unspecified atom stereocenters. The second-order valence-corrected chi connectivity index (χ2v) is 7.38. The van der Waals surface area contributed by atoms with Crippen molar-refractivity contribution in [2.24, 2.45) is 0 Å². The van der Waals surface area contributed by atoms with Crippen LogP contribution in [0.15, 0.2) is 36.7 Å². The summed E-state index contributed by atoms with van der Waals surface area (Å²) in [5.74, 6) is 0. The van der Waals surface area contributed by atoms with Gasteiger partial charge in [0.25, 0.3) is 0 Å². The molecule has 1 fully saturated rings. The molecule has 0 saturated carbocycles. The maximum absolute atomic E-state index is 12.6. The third kappa shape index (κ3) is 3.68. The van der Waals surface area contributed by atoms with Crippen LogP contribution in [0.3, 0.4) is 0 Å². The van der Waals surface area contributed by atoms with Crippen LogP contribution in [0.25, 0.3) is 10.6 Å². The SMILES string of the molecule is O=C(Nc1nnc(-c2cccc(Cl)c2)s1)N1CCC[C@H]1Cn1ccnn1. The number of aromatic nitrogens is 5. The minimum absolute atomic E-state index is 0.0945. The summed E-state index contributed by atoms with van der Waals surface area (Å²) in [7, 11) is 0. The van der Waals surface area contributed by atoms with Crippen LogP contribution in [0, 0.1) is 0 Å². The third-order valence-corrected chi connectivity index (χ3v) is 5.34. The molecule has 26 heavy (non-hydrogen) atoms. The van der Waals surface area contributed by atoms with Gasteiger partial charge in [-0.1, -0.05) is 40.3 Å². The van der Waals surface area contributed by atoms with E-state index in [0.717, 1.165) is 18.4 Å². The maximum atomic E-state index is 12.6. The summed E-state index contributed by atoms with van der Waals surface area (Å²) >= 11 is 7.34. The van der Waals surface area contributed by atoms with Crippen LogP contribution in [0.4, 0.5) is 9.93 Å². The second kappa shape index (κ2) is 7.38. The van der Waals surface area contributed by atoms with Gasteiger partial charge in [-0.25, -0.2) is 4.79 Å². The number of hydrogen-bond donors (Lipinski definition) is 1. The smallest absolute Gasteiger partial charge is 0.320 e. The summed E-state index contributed by atoms with van der Waals surface area (Å²) in [5.41, 5.74) is 0.876. The third-order valence-electron chi connectivity index (χ3n) is 4.22. The van der Waals surface area contributed by atoms with Gasteiger partial charge < -0.3 is 4.90 Å². The summed E-state index contributed by atoms with van der Waals surface area (Å²) in [6, 6.07) is 7.32. The highest BCUT2D eigenvalue weighted by Gasteiger charge is 2.29. The fourth-order valence-electron chi connectivity index (χ4n) is 3.01. The van der Waals surface area contributed by atoms with Crippen LogP contribution in [0.5, 0.6) is 0 Å². The first kappa shape index (κ1) is 16.9. The molecule has 1 aliphatic heterocycles. The van der Waals surface area contributed by atoms with E-state index in [1.807, 2.05) is 23.1 Å². The van der Waals surface area contributed by atoms with Gasteiger partial charge in [-0.05, 0) is 25.0 Å². The zero-order valence-electron chi connectivity index (χ0n) is 13.7. The van der Waals surface area contributed by atoms with Crippen LogP contribution >= 0.6 is 22.9 Å². The van der Waals surface area contributed by atoms with Crippen molar-refractivity contribution in [2.45, 2.75) is 25.4 Å². The summed E-state index contributed by atoms with van der Waals surface area (Å²) in [5, 5.41) is 20.7. The summed E-state index contributed by atoms with van der Waals surface area (Å²) in [6.45, 7) is 1.35. The van der Waals surface area contributed by atoms with Gasteiger partial charge in [0.1, 0.15) is 5.01 Å². The Morgan fingerprint density at radius 2 is 2.31 bits per heavy atom. The molecular formula is C16H16ClN7OS.